The second-order valence-corrected chi connectivity index (χ2v) is 4.55. The third kappa shape index (κ3) is 4.44. The van der Waals surface area contributed by atoms with Crippen LogP contribution in [-0.2, 0) is 11.3 Å². The lowest BCUT2D eigenvalue weighted by molar-refractivity contribution is 0.111. The number of hydrogen-bond donors (Lipinski definition) is 2. The van der Waals surface area contributed by atoms with Gasteiger partial charge in [-0.15, -0.1) is 0 Å². The first-order chi connectivity index (χ1) is 9.28. The number of benzene rings is 1. The van der Waals surface area contributed by atoms with Gasteiger partial charge >= 0.3 is 6.03 Å². The Bertz CT molecular complexity index is 400. The monoisotopic (exact) mass is 264 g/mol. The predicted octanol–water partition coefficient (Wildman–Crippen LogP) is 1.67. The minimum absolute atomic E-state index is 0.161. The molecule has 1 aliphatic rings. The quantitative estimate of drug-likeness (QED) is 0.850. The highest BCUT2D eigenvalue weighted by atomic mass is 16.5. The number of carbonyl (C=O) groups excluding carboxylic acids is 1. The van der Waals surface area contributed by atoms with E-state index in [2.05, 4.69) is 10.6 Å². The van der Waals surface area contributed by atoms with Crippen LogP contribution in [0.2, 0.25) is 0 Å². The van der Waals surface area contributed by atoms with Crippen molar-refractivity contribution in [2.75, 3.05) is 20.3 Å². The van der Waals surface area contributed by atoms with Crippen LogP contribution in [0.25, 0.3) is 0 Å². The van der Waals surface area contributed by atoms with E-state index in [1.54, 1.807) is 7.11 Å². The van der Waals surface area contributed by atoms with Gasteiger partial charge in [0, 0.05) is 19.7 Å². The minimum atomic E-state index is -0.161. The molecule has 5 nitrogen and oxygen atoms in total. The maximum absolute atomic E-state index is 11.6. The molecule has 0 radical (unpaired) electrons. The Labute approximate surface area is 113 Å². The molecule has 0 saturated carbocycles. The summed E-state index contributed by atoms with van der Waals surface area (Å²) in [6.07, 6.45) is 2.28. The minimum Gasteiger partial charge on any atom is -0.497 e. The molecule has 0 aromatic heterocycles. The second-order valence-electron chi connectivity index (χ2n) is 4.55. The van der Waals surface area contributed by atoms with Crippen LogP contribution < -0.4 is 15.4 Å². The first-order valence-corrected chi connectivity index (χ1v) is 6.54. The number of ether oxygens (including phenoxy) is 2. The number of carbonyl (C=O) groups is 1. The SMILES string of the molecule is COc1ccc(CNC(=O)NCC2CCCO2)cc1. The van der Waals surface area contributed by atoms with Crippen LogP contribution in [0, 0.1) is 0 Å². The van der Waals surface area contributed by atoms with E-state index >= 15 is 0 Å². The molecule has 2 rings (SSSR count). The molecule has 1 aromatic rings. The van der Waals surface area contributed by atoms with Gasteiger partial charge < -0.3 is 20.1 Å². The summed E-state index contributed by atoms with van der Waals surface area (Å²) in [6, 6.07) is 7.45. The number of nitrogens with one attached hydrogen (secondary N) is 2. The van der Waals surface area contributed by atoms with E-state index in [1.807, 2.05) is 24.3 Å². The molecule has 0 spiro atoms. The highest BCUT2D eigenvalue weighted by molar-refractivity contribution is 5.73. The van der Waals surface area contributed by atoms with E-state index in [0.717, 1.165) is 30.8 Å². The Balaban J connectivity index is 1.67. The largest absolute Gasteiger partial charge is 0.497 e. The van der Waals surface area contributed by atoms with Gasteiger partial charge in [-0.1, -0.05) is 12.1 Å². The van der Waals surface area contributed by atoms with Crippen molar-refractivity contribution >= 4 is 6.03 Å². The Morgan fingerprint density at radius 3 is 2.79 bits per heavy atom. The van der Waals surface area contributed by atoms with E-state index < -0.39 is 0 Å². The highest BCUT2D eigenvalue weighted by Gasteiger charge is 2.15. The Kier molecular flexibility index (Phi) is 5.03. The summed E-state index contributed by atoms with van der Waals surface area (Å²) >= 11 is 0. The fourth-order valence-electron chi connectivity index (χ4n) is 2.00. The molecule has 2 N–H and O–H groups in total. The third-order valence-electron chi connectivity index (χ3n) is 3.13. The molecular formula is C14H20N2O3. The van der Waals surface area contributed by atoms with Crippen LogP contribution in [0.3, 0.4) is 0 Å². The summed E-state index contributed by atoms with van der Waals surface area (Å²) in [6.45, 7) is 1.88. The van der Waals surface area contributed by atoms with Crippen molar-refractivity contribution in [3.05, 3.63) is 29.8 Å². The van der Waals surface area contributed by atoms with Gasteiger partial charge in [-0.25, -0.2) is 4.79 Å². The summed E-state index contributed by atoms with van der Waals surface area (Å²) in [4.78, 5) is 11.6. The maximum atomic E-state index is 11.6. The highest BCUT2D eigenvalue weighted by Crippen LogP contribution is 2.11. The number of amides is 2. The summed E-state index contributed by atoms with van der Waals surface area (Å²) in [5.74, 6) is 0.812. The fraction of sp³-hybridized carbons (Fsp3) is 0.500. The average Bonchev–Trinajstić information content (AvgIpc) is 2.96. The van der Waals surface area contributed by atoms with Gasteiger partial charge in [0.15, 0.2) is 0 Å². The van der Waals surface area contributed by atoms with Crippen molar-refractivity contribution in [3.8, 4) is 5.75 Å². The molecule has 1 heterocycles. The molecule has 104 valence electrons. The van der Waals surface area contributed by atoms with Crippen LogP contribution in [0.5, 0.6) is 5.75 Å². The van der Waals surface area contributed by atoms with Gasteiger partial charge in [-0.05, 0) is 30.5 Å². The van der Waals surface area contributed by atoms with Crippen molar-refractivity contribution < 1.29 is 14.3 Å². The molecule has 1 atom stereocenters. The Hall–Kier alpha value is -1.75. The normalized spacial score (nSPS) is 18.1. The number of rotatable bonds is 5. The average molecular weight is 264 g/mol. The maximum Gasteiger partial charge on any atom is 0.315 e. The standard InChI is InChI=1S/C14H20N2O3/c1-18-12-6-4-11(5-7-12)9-15-14(17)16-10-13-3-2-8-19-13/h4-7,13H,2-3,8-10H2,1H3,(H2,15,16,17). The van der Waals surface area contributed by atoms with Gasteiger partial charge in [0.05, 0.1) is 13.2 Å². The third-order valence-corrected chi connectivity index (χ3v) is 3.13. The first-order valence-electron chi connectivity index (χ1n) is 6.54. The van der Waals surface area contributed by atoms with Crippen molar-refractivity contribution in [1.82, 2.24) is 10.6 Å². The van der Waals surface area contributed by atoms with Crippen LogP contribution in [0.15, 0.2) is 24.3 Å². The molecule has 1 fully saturated rings. The second kappa shape index (κ2) is 6.99. The number of hydrogen-bond acceptors (Lipinski definition) is 3. The van der Waals surface area contributed by atoms with E-state index in [-0.39, 0.29) is 12.1 Å². The lowest BCUT2D eigenvalue weighted by Gasteiger charge is -2.11. The van der Waals surface area contributed by atoms with Gasteiger partial charge in [0.2, 0.25) is 0 Å². The zero-order valence-electron chi connectivity index (χ0n) is 11.1. The van der Waals surface area contributed by atoms with Gasteiger partial charge in [-0.2, -0.15) is 0 Å². The number of urea groups is 1. The summed E-state index contributed by atoms with van der Waals surface area (Å²) in [5.41, 5.74) is 1.04. The van der Waals surface area contributed by atoms with Crippen molar-refractivity contribution in [3.63, 3.8) is 0 Å². The van der Waals surface area contributed by atoms with E-state index in [9.17, 15) is 4.79 Å². The van der Waals surface area contributed by atoms with Crippen LogP contribution in [-0.4, -0.2) is 32.4 Å². The van der Waals surface area contributed by atoms with Crippen LogP contribution in [0.4, 0.5) is 4.79 Å². The molecule has 1 aromatic carbocycles. The van der Waals surface area contributed by atoms with Crippen LogP contribution >= 0.6 is 0 Å². The molecule has 5 heteroatoms. The molecule has 0 aliphatic carbocycles. The molecule has 19 heavy (non-hydrogen) atoms. The lowest BCUT2D eigenvalue weighted by atomic mass is 10.2. The van der Waals surface area contributed by atoms with Crippen molar-refractivity contribution in [2.24, 2.45) is 0 Å². The lowest BCUT2D eigenvalue weighted by Crippen LogP contribution is -2.39. The van der Waals surface area contributed by atoms with E-state index in [1.165, 1.54) is 0 Å². The van der Waals surface area contributed by atoms with Gasteiger partial charge in [-0.3, -0.25) is 0 Å². The summed E-state index contributed by atoms with van der Waals surface area (Å²) in [7, 11) is 1.63. The Morgan fingerprint density at radius 2 is 2.16 bits per heavy atom. The molecule has 1 aliphatic heterocycles. The van der Waals surface area contributed by atoms with E-state index in [0.29, 0.717) is 13.1 Å². The van der Waals surface area contributed by atoms with Crippen molar-refractivity contribution in [2.45, 2.75) is 25.5 Å². The topological polar surface area (TPSA) is 59.6 Å². The van der Waals surface area contributed by atoms with E-state index in [4.69, 9.17) is 9.47 Å². The zero-order valence-corrected chi connectivity index (χ0v) is 11.1. The van der Waals surface area contributed by atoms with Crippen LogP contribution in [0.1, 0.15) is 18.4 Å². The smallest absolute Gasteiger partial charge is 0.315 e. The molecule has 1 unspecified atom stereocenters. The summed E-state index contributed by atoms with van der Waals surface area (Å²) < 4.78 is 10.5. The molecule has 0 bridgehead atoms. The molecule has 2 amide bonds. The summed E-state index contributed by atoms with van der Waals surface area (Å²) in [5, 5.41) is 5.63. The first kappa shape index (κ1) is 13.7. The number of methoxy groups -OCH3 is 1. The zero-order chi connectivity index (χ0) is 13.5. The predicted molar refractivity (Wildman–Crippen MR) is 72.2 cm³/mol. The fourth-order valence-corrected chi connectivity index (χ4v) is 2.00. The molecule has 1 saturated heterocycles. The Morgan fingerprint density at radius 1 is 1.37 bits per heavy atom. The van der Waals surface area contributed by atoms with Crippen molar-refractivity contribution in [1.29, 1.82) is 0 Å². The van der Waals surface area contributed by atoms with Gasteiger partial charge in [0.25, 0.3) is 0 Å². The molecular weight excluding hydrogens is 244 g/mol. The van der Waals surface area contributed by atoms with Gasteiger partial charge in [0.1, 0.15) is 5.75 Å².